The number of hydrogen-bond acceptors (Lipinski definition) is 2. The second-order valence-electron chi connectivity index (χ2n) is 4.41. The maximum atomic E-state index is 10.5. The predicted molar refractivity (Wildman–Crippen MR) is 59.4 cm³/mol. The smallest absolute Gasteiger partial charge is 0.115 e. The van der Waals surface area contributed by atoms with Crippen LogP contribution in [0, 0.1) is 0 Å². The normalized spacial score (nSPS) is 32.3. The monoisotopic (exact) mass is 206 g/mol. The number of rotatable bonds is 1. The molecule has 2 atom stereocenters. The minimum Gasteiger partial charge on any atom is -0.390 e. The van der Waals surface area contributed by atoms with Crippen LogP contribution in [0.3, 0.4) is 0 Å². The van der Waals surface area contributed by atoms with Gasteiger partial charge >= 0.3 is 0 Å². The molecule has 0 aliphatic heterocycles. The third kappa shape index (κ3) is 2.06. The van der Waals surface area contributed by atoms with Crippen molar-refractivity contribution in [1.29, 1.82) is 0 Å². The Morgan fingerprint density at radius 3 is 2.53 bits per heavy atom. The molecule has 0 amide bonds. The lowest BCUT2D eigenvalue weighted by Crippen LogP contribution is -2.38. The van der Waals surface area contributed by atoms with Gasteiger partial charge in [0.2, 0.25) is 0 Å². The minimum atomic E-state index is -1.03. The van der Waals surface area contributed by atoms with E-state index in [2.05, 4.69) is 0 Å². The summed E-state index contributed by atoms with van der Waals surface area (Å²) in [6.07, 6.45) is 3.84. The molecule has 1 fully saturated rings. The maximum absolute atomic E-state index is 10.5. The largest absolute Gasteiger partial charge is 0.390 e. The van der Waals surface area contributed by atoms with Gasteiger partial charge in [0.15, 0.2) is 0 Å². The van der Waals surface area contributed by atoms with E-state index in [-0.39, 0.29) is 0 Å². The molecule has 0 spiro atoms. The highest BCUT2D eigenvalue weighted by molar-refractivity contribution is 5.24. The van der Waals surface area contributed by atoms with Crippen molar-refractivity contribution in [2.24, 2.45) is 0 Å². The van der Waals surface area contributed by atoms with Gasteiger partial charge in [-0.2, -0.15) is 0 Å². The van der Waals surface area contributed by atoms with E-state index in [1.165, 1.54) is 0 Å². The summed E-state index contributed by atoms with van der Waals surface area (Å²) in [6.45, 7) is 0. The topological polar surface area (TPSA) is 40.5 Å². The van der Waals surface area contributed by atoms with Crippen molar-refractivity contribution in [3.05, 3.63) is 35.9 Å². The van der Waals surface area contributed by atoms with E-state index in [1.807, 2.05) is 30.3 Å². The summed E-state index contributed by atoms with van der Waals surface area (Å²) in [7, 11) is 0. The van der Waals surface area contributed by atoms with Gasteiger partial charge in [0, 0.05) is 0 Å². The number of benzene rings is 1. The Morgan fingerprint density at radius 1 is 1.07 bits per heavy atom. The molecule has 2 rings (SSSR count). The van der Waals surface area contributed by atoms with E-state index in [0.717, 1.165) is 24.8 Å². The average molecular weight is 206 g/mol. The van der Waals surface area contributed by atoms with Gasteiger partial charge < -0.3 is 10.2 Å². The van der Waals surface area contributed by atoms with Crippen LogP contribution in [0.5, 0.6) is 0 Å². The standard InChI is InChI=1S/C13H18O2/c14-12-9-5-2-6-10-13(12,15)11-7-3-1-4-8-11/h1,3-4,7-8,12,14-15H,2,5-6,9-10H2/t12-,13?/m1/s1. The van der Waals surface area contributed by atoms with Crippen molar-refractivity contribution in [3.8, 4) is 0 Å². The Morgan fingerprint density at radius 2 is 1.80 bits per heavy atom. The highest BCUT2D eigenvalue weighted by Crippen LogP contribution is 2.35. The van der Waals surface area contributed by atoms with Crippen molar-refractivity contribution >= 4 is 0 Å². The van der Waals surface area contributed by atoms with Crippen LogP contribution in [-0.4, -0.2) is 16.3 Å². The Labute approximate surface area is 90.6 Å². The zero-order valence-corrected chi connectivity index (χ0v) is 8.89. The quantitative estimate of drug-likeness (QED) is 0.691. The van der Waals surface area contributed by atoms with Crippen LogP contribution in [0.25, 0.3) is 0 Å². The van der Waals surface area contributed by atoms with Crippen LogP contribution in [0.2, 0.25) is 0 Å². The lowest BCUT2D eigenvalue weighted by atomic mass is 9.84. The molecule has 82 valence electrons. The van der Waals surface area contributed by atoms with Crippen LogP contribution in [0.1, 0.15) is 37.7 Å². The SMILES string of the molecule is O[C@@H]1CCCCCC1(O)c1ccccc1. The van der Waals surface area contributed by atoms with E-state index in [0.29, 0.717) is 12.8 Å². The first kappa shape index (κ1) is 10.7. The van der Waals surface area contributed by atoms with E-state index in [9.17, 15) is 10.2 Å². The van der Waals surface area contributed by atoms with Crippen LogP contribution >= 0.6 is 0 Å². The third-order valence-corrected chi connectivity index (χ3v) is 3.36. The number of aliphatic hydroxyl groups excluding tert-OH is 1. The first-order chi connectivity index (χ1) is 7.23. The van der Waals surface area contributed by atoms with Crippen molar-refractivity contribution in [2.75, 3.05) is 0 Å². The first-order valence-corrected chi connectivity index (χ1v) is 5.69. The zero-order chi connectivity index (χ0) is 10.7. The highest BCUT2D eigenvalue weighted by atomic mass is 16.3. The van der Waals surface area contributed by atoms with Crippen molar-refractivity contribution < 1.29 is 10.2 Å². The molecule has 0 bridgehead atoms. The van der Waals surface area contributed by atoms with Gasteiger partial charge in [-0.05, 0) is 18.4 Å². The van der Waals surface area contributed by atoms with Crippen LogP contribution in [-0.2, 0) is 5.60 Å². The molecular weight excluding hydrogens is 188 g/mol. The zero-order valence-electron chi connectivity index (χ0n) is 8.89. The Balaban J connectivity index is 2.30. The Hall–Kier alpha value is -0.860. The molecule has 1 aliphatic rings. The lowest BCUT2D eigenvalue weighted by molar-refractivity contribution is -0.0845. The minimum absolute atomic E-state index is 0.623. The van der Waals surface area contributed by atoms with Gasteiger partial charge in [-0.25, -0.2) is 0 Å². The summed E-state index contributed by atoms with van der Waals surface area (Å²) in [5.74, 6) is 0. The Bertz CT molecular complexity index is 310. The van der Waals surface area contributed by atoms with E-state index < -0.39 is 11.7 Å². The predicted octanol–water partition coefficient (Wildman–Crippen LogP) is 2.20. The molecule has 2 N–H and O–H groups in total. The van der Waals surface area contributed by atoms with E-state index in [1.54, 1.807) is 0 Å². The van der Waals surface area contributed by atoms with Crippen LogP contribution in [0.15, 0.2) is 30.3 Å². The van der Waals surface area contributed by atoms with Crippen LogP contribution < -0.4 is 0 Å². The fraction of sp³-hybridized carbons (Fsp3) is 0.538. The van der Waals surface area contributed by atoms with Crippen LogP contribution in [0.4, 0.5) is 0 Å². The summed E-state index contributed by atoms with van der Waals surface area (Å²) in [4.78, 5) is 0. The number of aliphatic hydroxyl groups is 2. The molecule has 1 aliphatic carbocycles. The molecule has 0 aromatic heterocycles. The van der Waals surface area contributed by atoms with Gasteiger partial charge in [0.25, 0.3) is 0 Å². The molecule has 0 heterocycles. The fourth-order valence-electron chi connectivity index (χ4n) is 2.38. The third-order valence-electron chi connectivity index (χ3n) is 3.36. The van der Waals surface area contributed by atoms with Gasteiger partial charge in [0.1, 0.15) is 5.60 Å². The molecule has 1 aromatic rings. The fourth-order valence-corrected chi connectivity index (χ4v) is 2.38. The molecule has 1 saturated carbocycles. The van der Waals surface area contributed by atoms with E-state index >= 15 is 0 Å². The van der Waals surface area contributed by atoms with Gasteiger partial charge in [-0.1, -0.05) is 49.6 Å². The summed E-state index contributed by atoms with van der Waals surface area (Å²) in [5.41, 5.74) is -0.183. The van der Waals surface area contributed by atoms with Gasteiger partial charge in [-0.15, -0.1) is 0 Å². The van der Waals surface area contributed by atoms with Crippen molar-refractivity contribution in [2.45, 2.75) is 43.8 Å². The second kappa shape index (κ2) is 4.33. The molecule has 15 heavy (non-hydrogen) atoms. The molecule has 0 saturated heterocycles. The summed E-state index contributed by atoms with van der Waals surface area (Å²) in [5, 5.41) is 20.6. The molecule has 2 nitrogen and oxygen atoms in total. The molecule has 2 heteroatoms. The van der Waals surface area contributed by atoms with Gasteiger partial charge in [-0.3, -0.25) is 0 Å². The summed E-state index contributed by atoms with van der Waals surface area (Å²) < 4.78 is 0. The second-order valence-corrected chi connectivity index (χ2v) is 4.41. The Kier molecular flexibility index (Phi) is 3.08. The number of hydrogen-bond donors (Lipinski definition) is 2. The molecular formula is C13H18O2. The maximum Gasteiger partial charge on any atom is 0.115 e. The van der Waals surface area contributed by atoms with Crippen molar-refractivity contribution in [1.82, 2.24) is 0 Å². The van der Waals surface area contributed by atoms with Gasteiger partial charge in [0.05, 0.1) is 6.10 Å². The van der Waals surface area contributed by atoms with E-state index in [4.69, 9.17) is 0 Å². The summed E-state index contributed by atoms with van der Waals surface area (Å²) in [6, 6.07) is 9.54. The van der Waals surface area contributed by atoms with Crippen molar-refractivity contribution in [3.63, 3.8) is 0 Å². The first-order valence-electron chi connectivity index (χ1n) is 5.69. The molecule has 1 unspecified atom stereocenters. The molecule has 0 radical (unpaired) electrons. The summed E-state index contributed by atoms with van der Waals surface area (Å²) >= 11 is 0. The average Bonchev–Trinajstić information content (AvgIpc) is 2.44. The highest BCUT2D eigenvalue weighted by Gasteiger charge is 2.37. The molecule has 1 aromatic carbocycles. The lowest BCUT2D eigenvalue weighted by Gasteiger charge is -2.32.